The average molecular weight is 444 g/mol. The lowest BCUT2D eigenvalue weighted by molar-refractivity contribution is 0.140. The van der Waals surface area contributed by atoms with E-state index >= 15 is 0 Å². The van der Waals surface area contributed by atoms with Gasteiger partial charge in [0.05, 0.1) is 19.2 Å². The SMILES string of the molecule is OC(Cn1c2ccccc2c2cc(F)ccc21)Cn1c2ccc(F)cc2c2cc(F)ccc21. The van der Waals surface area contributed by atoms with E-state index in [1.54, 1.807) is 18.2 Å². The van der Waals surface area contributed by atoms with E-state index in [1.807, 2.05) is 33.4 Å². The van der Waals surface area contributed by atoms with Gasteiger partial charge in [-0.05, 0) is 60.7 Å². The molecule has 0 spiro atoms. The number of benzene rings is 4. The number of hydrogen-bond acceptors (Lipinski definition) is 1. The van der Waals surface area contributed by atoms with E-state index in [-0.39, 0.29) is 18.9 Å². The Bertz CT molecular complexity index is 1620. The Labute approximate surface area is 186 Å². The third-order valence-electron chi connectivity index (χ3n) is 6.31. The van der Waals surface area contributed by atoms with E-state index in [1.165, 1.54) is 36.4 Å². The molecule has 6 heteroatoms. The number of para-hydroxylation sites is 1. The van der Waals surface area contributed by atoms with Gasteiger partial charge in [-0.15, -0.1) is 0 Å². The quantitative estimate of drug-likeness (QED) is 0.336. The van der Waals surface area contributed by atoms with Gasteiger partial charge in [0.25, 0.3) is 0 Å². The summed E-state index contributed by atoms with van der Waals surface area (Å²) in [4.78, 5) is 0. The molecule has 3 nitrogen and oxygen atoms in total. The van der Waals surface area contributed by atoms with E-state index in [9.17, 15) is 18.3 Å². The molecule has 0 saturated heterocycles. The van der Waals surface area contributed by atoms with Gasteiger partial charge in [-0.1, -0.05) is 18.2 Å². The van der Waals surface area contributed by atoms with Crippen LogP contribution < -0.4 is 0 Å². The summed E-state index contributed by atoms with van der Waals surface area (Å²) >= 11 is 0. The Kier molecular flexibility index (Phi) is 4.45. The minimum absolute atomic E-state index is 0.229. The van der Waals surface area contributed by atoms with Crippen LogP contribution in [0.25, 0.3) is 43.6 Å². The van der Waals surface area contributed by atoms with Crippen molar-refractivity contribution in [3.8, 4) is 0 Å². The number of hydrogen-bond donors (Lipinski definition) is 1. The monoisotopic (exact) mass is 444 g/mol. The number of halogens is 3. The van der Waals surface area contributed by atoms with Gasteiger partial charge >= 0.3 is 0 Å². The summed E-state index contributed by atoms with van der Waals surface area (Å²) in [5.41, 5.74) is 3.19. The summed E-state index contributed by atoms with van der Waals surface area (Å²) in [6.45, 7) is 0.506. The highest BCUT2D eigenvalue weighted by atomic mass is 19.1. The predicted molar refractivity (Wildman–Crippen MR) is 125 cm³/mol. The molecule has 6 aromatic rings. The largest absolute Gasteiger partial charge is 0.389 e. The standard InChI is InChI=1S/C27H19F3N2O/c28-16-5-8-25-21(11-16)20-3-1-2-4-24(20)31(25)14-19(33)15-32-26-9-6-17(29)12-22(26)23-13-18(30)7-10-27(23)32/h1-13,19,33H,14-15H2. The molecule has 0 fully saturated rings. The van der Waals surface area contributed by atoms with Crippen LogP contribution in [0.3, 0.4) is 0 Å². The average Bonchev–Trinajstić information content (AvgIpc) is 3.26. The molecule has 0 aliphatic rings. The number of rotatable bonds is 4. The van der Waals surface area contributed by atoms with Crippen molar-refractivity contribution in [3.63, 3.8) is 0 Å². The second-order valence-corrected chi connectivity index (χ2v) is 8.38. The predicted octanol–water partition coefficient (Wildman–Crippen LogP) is 6.38. The molecule has 1 atom stereocenters. The first-order valence-corrected chi connectivity index (χ1v) is 10.7. The molecule has 0 radical (unpaired) electrons. The van der Waals surface area contributed by atoms with Crippen LogP contribution >= 0.6 is 0 Å². The molecule has 0 saturated carbocycles. The Morgan fingerprint density at radius 1 is 0.545 bits per heavy atom. The van der Waals surface area contributed by atoms with Crippen LogP contribution in [-0.2, 0) is 13.1 Å². The normalized spacial score (nSPS) is 13.0. The molecule has 0 aliphatic heterocycles. The van der Waals surface area contributed by atoms with E-state index in [0.29, 0.717) is 10.8 Å². The van der Waals surface area contributed by atoms with Crippen LogP contribution in [0.15, 0.2) is 78.9 Å². The van der Waals surface area contributed by atoms with Crippen LogP contribution in [0.2, 0.25) is 0 Å². The molecule has 1 N–H and O–H groups in total. The first-order chi connectivity index (χ1) is 16.0. The molecule has 4 aromatic carbocycles. The fraction of sp³-hybridized carbons (Fsp3) is 0.111. The van der Waals surface area contributed by atoms with Crippen molar-refractivity contribution in [1.82, 2.24) is 9.13 Å². The van der Waals surface area contributed by atoms with Crippen molar-refractivity contribution < 1.29 is 18.3 Å². The topological polar surface area (TPSA) is 30.1 Å². The summed E-state index contributed by atoms with van der Waals surface area (Å²) < 4.78 is 45.7. The molecular weight excluding hydrogens is 425 g/mol. The van der Waals surface area contributed by atoms with Crippen LogP contribution in [-0.4, -0.2) is 20.3 Å². The molecule has 1 unspecified atom stereocenters. The minimum Gasteiger partial charge on any atom is -0.389 e. The number of aromatic nitrogens is 2. The zero-order valence-electron chi connectivity index (χ0n) is 17.5. The van der Waals surface area contributed by atoms with E-state index in [2.05, 4.69) is 0 Å². The molecule has 0 bridgehead atoms. The van der Waals surface area contributed by atoms with E-state index < -0.39 is 17.7 Å². The van der Waals surface area contributed by atoms with Gasteiger partial charge in [-0.25, -0.2) is 13.2 Å². The van der Waals surface area contributed by atoms with Gasteiger partial charge in [-0.2, -0.15) is 0 Å². The molecule has 0 aliphatic carbocycles. The first kappa shape index (κ1) is 19.9. The number of fused-ring (bicyclic) bond motifs is 6. The molecule has 0 amide bonds. The molecule has 2 aromatic heterocycles. The van der Waals surface area contributed by atoms with Crippen LogP contribution in [0.5, 0.6) is 0 Å². The maximum atomic E-state index is 13.9. The Hall–Kier alpha value is -3.77. The Balaban J connectivity index is 1.45. The van der Waals surface area contributed by atoms with Crippen molar-refractivity contribution >= 4 is 43.6 Å². The second-order valence-electron chi connectivity index (χ2n) is 8.38. The molecule has 6 rings (SSSR count). The lowest BCUT2D eigenvalue weighted by atomic mass is 10.1. The summed E-state index contributed by atoms with van der Waals surface area (Å²) in [5.74, 6) is -1.11. The van der Waals surface area contributed by atoms with Gasteiger partial charge in [0.1, 0.15) is 17.5 Å². The lowest BCUT2D eigenvalue weighted by Gasteiger charge is -2.16. The molecule has 164 valence electrons. The van der Waals surface area contributed by atoms with Crippen molar-refractivity contribution in [2.24, 2.45) is 0 Å². The van der Waals surface area contributed by atoms with Crippen LogP contribution in [0.4, 0.5) is 13.2 Å². The minimum atomic E-state index is -0.803. The fourth-order valence-electron chi connectivity index (χ4n) is 4.95. The van der Waals surface area contributed by atoms with Gasteiger partial charge < -0.3 is 14.2 Å². The summed E-state index contributed by atoms with van der Waals surface area (Å²) in [6.07, 6.45) is -0.803. The molecule has 2 heterocycles. The third-order valence-corrected chi connectivity index (χ3v) is 6.31. The zero-order chi connectivity index (χ0) is 22.7. The van der Waals surface area contributed by atoms with Crippen molar-refractivity contribution in [3.05, 3.63) is 96.3 Å². The highest BCUT2D eigenvalue weighted by Crippen LogP contribution is 2.32. The third kappa shape index (κ3) is 3.17. The van der Waals surface area contributed by atoms with E-state index in [0.717, 1.165) is 32.8 Å². The van der Waals surface area contributed by atoms with Crippen LogP contribution in [0, 0.1) is 17.5 Å². The maximum Gasteiger partial charge on any atom is 0.123 e. The lowest BCUT2D eigenvalue weighted by Crippen LogP contribution is -2.22. The first-order valence-electron chi connectivity index (χ1n) is 10.7. The van der Waals surface area contributed by atoms with Gasteiger partial charge in [0.15, 0.2) is 0 Å². The second kappa shape index (κ2) is 7.39. The van der Waals surface area contributed by atoms with Gasteiger partial charge in [0.2, 0.25) is 0 Å². The van der Waals surface area contributed by atoms with E-state index in [4.69, 9.17) is 0 Å². The molecule has 33 heavy (non-hydrogen) atoms. The summed E-state index contributed by atoms with van der Waals surface area (Å²) in [6, 6.07) is 21.2. The van der Waals surface area contributed by atoms with Gasteiger partial charge in [0, 0.05) is 43.6 Å². The number of aliphatic hydroxyl groups excluding tert-OH is 1. The highest BCUT2D eigenvalue weighted by Gasteiger charge is 2.18. The maximum absolute atomic E-state index is 13.9. The summed E-state index contributed by atoms with van der Waals surface area (Å²) in [7, 11) is 0. The smallest absolute Gasteiger partial charge is 0.123 e. The number of nitrogens with zero attached hydrogens (tertiary/aromatic N) is 2. The zero-order valence-corrected chi connectivity index (χ0v) is 17.5. The summed E-state index contributed by atoms with van der Waals surface area (Å²) in [5, 5.41) is 14.0. The fourth-order valence-corrected chi connectivity index (χ4v) is 4.95. The van der Waals surface area contributed by atoms with Crippen molar-refractivity contribution in [2.45, 2.75) is 19.2 Å². The van der Waals surface area contributed by atoms with Crippen molar-refractivity contribution in [2.75, 3.05) is 0 Å². The van der Waals surface area contributed by atoms with Crippen molar-refractivity contribution in [1.29, 1.82) is 0 Å². The highest BCUT2D eigenvalue weighted by molar-refractivity contribution is 6.09. The van der Waals surface area contributed by atoms with Gasteiger partial charge in [-0.3, -0.25) is 0 Å². The Morgan fingerprint density at radius 2 is 0.939 bits per heavy atom. The number of aliphatic hydroxyl groups is 1. The molecular formula is C27H19F3N2O. The van der Waals surface area contributed by atoms with Crippen LogP contribution in [0.1, 0.15) is 0 Å². The Morgan fingerprint density at radius 3 is 1.42 bits per heavy atom.